The highest BCUT2D eigenvalue weighted by molar-refractivity contribution is 14.0. The van der Waals surface area contributed by atoms with Crippen molar-refractivity contribution in [2.45, 2.75) is 49.9 Å². The fourth-order valence-electron chi connectivity index (χ4n) is 2.47. The first-order valence-corrected chi connectivity index (χ1v) is 8.53. The minimum atomic E-state index is 0. The monoisotopic (exact) mass is 412 g/mol. The first-order valence-electron chi connectivity index (χ1n) is 7.48. The Morgan fingerprint density at radius 2 is 2.10 bits per heavy atom. The molecule has 1 aliphatic carbocycles. The Morgan fingerprint density at radius 3 is 2.65 bits per heavy atom. The molecule has 0 spiro atoms. The molecule has 1 heterocycles. The summed E-state index contributed by atoms with van der Waals surface area (Å²) in [6.07, 6.45) is 5.45. The minimum absolute atomic E-state index is 0. The second-order valence-corrected chi connectivity index (χ2v) is 7.12. The van der Waals surface area contributed by atoms with E-state index in [1.165, 1.54) is 31.4 Å². The van der Waals surface area contributed by atoms with Crippen LogP contribution in [0.25, 0.3) is 0 Å². The molecule has 0 aromatic carbocycles. The fraction of sp³-hybridized carbons (Fsp3) is 0.929. The number of nitrogens with one attached hydrogen (secondary N) is 2. The summed E-state index contributed by atoms with van der Waals surface area (Å²) in [4.78, 5) is 6.79. The van der Waals surface area contributed by atoms with Gasteiger partial charge in [0.2, 0.25) is 0 Å². The Labute approximate surface area is 144 Å². The van der Waals surface area contributed by atoms with Crippen LogP contribution in [0.2, 0.25) is 0 Å². The van der Waals surface area contributed by atoms with Crippen molar-refractivity contribution >= 4 is 41.7 Å². The lowest BCUT2D eigenvalue weighted by molar-refractivity contribution is 0.247. The zero-order valence-electron chi connectivity index (χ0n) is 12.9. The molecule has 118 valence electrons. The van der Waals surface area contributed by atoms with Crippen LogP contribution in [-0.4, -0.2) is 61.1 Å². The molecule has 0 aromatic heterocycles. The summed E-state index contributed by atoms with van der Waals surface area (Å²) >= 11 is 2.08. The third kappa shape index (κ3) is 5.97. The summed E-state index contributed by atoms with van der Waals surface area (Å²) in [5, 5.41) is 7.66. The standard InChI is InChI=1S/C14H28N4S.HI/c1-11(18(3)12-6-7-12)9-16-14(15-2)17-10-13-5-4-8-19-13;/h11-13H,4-10H2,1-3H3,(H2,15,16,17);1H. The zero-order valence-corrected chi connectivity index (χ0v) is 16.0. The quantitative estimate of drug-likeness (QED) is 0.399. The molecule has 1 aliphatic heterocycles. The predicted molar refractivity (Wildman–Crippen MR) is 101 cm³/mol. The molecule has 4 nitrogen and oxygen atoms in total. The highest BCUT2D eigenvalue weighted by Crippen LogP contribution is 2.26. The Balaban J connectivity index is 0.00000200. The molecular formula is C14H29IN4S. The lowest BCUT2D eigenvalue weighted by Crippen LogP contribution is -2.46. The molecule has 2 unspecified atom stereocenters. The van der Waals surface area contributed by atoms with E-state index < -0.39 is 0 Å². The Bertz CT molecular complexity index is 304. The maximum absolute atomic E-state index is 4.31. The summed E-state index contributed by atoms with van der Waals surface area (Å²) in [7, 11) is 4.09. The van der Waals surface area contributed by atoms with Crippen molar-refractivity contribution in [3.63, 3.8) is 0 Å². The van der Waals surface area contributed by atoms with E-state index in [1.54, 1.807) is 0 Å². The van der Waals surface area contributed by atoms with Crippen LogP contribution < -0.4 is 10.6 Å². The van der Waals surface area contributed by atoms with Gasteiger partial charge in [-0.15, -0.1) is 24.0 Å². The van der Waals surface area contributed by atoms with E-state index in [0.29, 0.717) is 6.04 Å². The van der Waals surface area contributed by atoms with E-state index in [9.17, 15) is 0 Å². The number of rotatable bonds is 6. The molecule has 6 heteroatoms. The number of thioether (sulfide) groups is 1. The van der Waals surface area contributed by atoms with Crippen LogP contribution >= 0.6 is 35.7 Å². The fourth-order valence-corrected chi connectivity index (χ4v) is 3.67. The van der Waals surface area contributed by atoms with E-state index in [4.69, 9.17) is 0 Å². The second-order valence-electron chi connectivity index (χ2n) is 5.71. The molecular weight excluding hydrogens is 383 g/mol. The molecule has 0 radical (unpaired) electrons. The largest absolute Gasteiger partial charge is 0.355 e. The van der Waals surface area contributed by atoms with Gasteiger partial charge >= 0.3 is 0 Å². The molecule has 1 saturated carbocycles. The molecule has 0 bridgehead atoms. The molecule has 2 atom stereocenters. The van der Waals surface area contributed by atoms with Crippen molar-refractivity contribution in [3.8, 4) is 0 Å². The molecule has 1 saturated heterocycles. The number of nitrogens with zero attached hydrogens (tertiary/aromatic N) is 2. The van der Waals surface area contributed by atoms with Crippen LogP contribution in [0.1, 0.15) is 32.6 Å². The Morgan fingerprint density at radius 1 is 1.35 bits per heavy atom. The summed E-state index contributed by atoms with van der Waals surface area (Å²) in [5.74, 6) is 2.27. The van der Waals surface area contributed by atoms with Crippen molar-refractivity contribution in [1.82, 2.24) is 15.5 Å². The Hall–Kier alpha value is 0.310. The molecule has 2 fully saturated rings. The Kier molecular flexibility index (Phi) is 8.59. The van der Waals surface area contributed by atoms with Crippen LogP contribution in [0.3, 0.4) is 0 Å². The highest BCUT2D eigenvalue weighted by Gasteiger charge is 2.29. The van der Waals surface area contributed by atoms with Crippen LogP contribution in [0.15, 0.2) is 4.99 Å². The smallest absolute Gasteiger partial charge is 0.191 e. The first kappa shape index (κ1) is 18.4. The normalized spacial score (nSPS) is 24.4. The summed E-state index contributed by atoms with van der Waals surface area (Å²) in [6.45, 7) is 4.28. The zero-order chi connectivity index (χ0) is 13.7. The van der Waals surface area contributed by atoms with Gasteiger partial charge in [-0.3, -0.25) is 9.89 Å². The van der Waals surface area contributed by atoms with Gasteiger partial charge in [0.05, 0.1) is 0 Å². The number of aliphatic imine (C=N–C) groups is 1. The summed E-state index contributed by atoms with van der Waals surface area (Å²) < 4.78 is 0. The lowest BCUT2D eigenvalue weighted by atomic mass is 10.2. The SMILES string of the molecule is CN=C(NCC1CCCS1)NCC(C)N(C)C1CC1.I. The summed E-state index contributed by atoms with van der Waals surface area (Å²) in [6, 6.07) is 1.38. The van der Waals surface area contributed by atoms with Crippen LogP contribution in [0.4, 0.5) is 0 Å². The van der Waals surface area contributed by atoms with Crippen molar-refractivity contribution in [2.75, 3.05) is 32.9 Å². The third-order valence-corrected chi connectivity index (χ3v) is 5.53. The van der Waals surface area contributed by atoms with Crippen LogP contribution in [0, 0.1) is 0 Å². The van der Waals surface area contributed by atoms with Gasteiger partial charge in [0.15, 0.2) is 5.96 Å². The van der Waals surface area contributed by atoms with E-state index in [-0.39, 0.29) is 24.0 Å². The number of hydrogen-bond donors (Lipinski definition) is 2. The molecule has 2 N–H and O–H groups in total. The van der Waals surface area contributed by atoms with Gasteiger partial charge in [-0.05, 0) is 45.4 Å². The average Bonchev–Trinajstić information content (AvgIpc) is 3.15. The molecule has 2 rings (SSSR count). The average molecular weight is 412 g/mol. The minimum Gasteiger partial charge on any atom is -0.355 e. The van der Waals surface area contributed by atoms with Gasteiger partial charge < -0.3 is 10.6 Å². The molecule has 2 aliphatic rings. The third-order valence-electron chi connectivity index (χ3n) is 4.13. The topological polar surface area (TPSA) is 39.7 Å². The molecule has 0 amide bonds. The summed E-state index contributed by atoms with van der Waals surface area (Å²) in [5.41, 5.74) is 0. The number of guanidine groups is 1. The molecule has 0 aromatic rings. The predicted octanol–water partition coefficient (Wildman–Crippen LogP) is 2.15. The van der Waals surface area contributed by atoms with Gasteiger partial charge in [0, 0.05) is 37.5 Å². The van der Waals surface area contributed by atoms with E-state index >= 15 is 0 Å². The van der Waals surface area contributed by atoms with Crippen LogP contribution in [0.5, 0.6) is 0 Å². The van der Waals surface area contributed by atoms with Gasteiger partial charge in [-0.2, -0.15) is 11.8 Å². The van der Waals surface area contributed by atoms with Crippen LogP contribution in [-0.2, 0) is 0 Å². The maximum Gasteiger partial charge on any atom is 0.191 e. The van der Waals surface area contributed by atoms with Gasteiger partial charge in [0.25, 0.3) is 0 Å². The van der Waals surface area contributed by atoms with E-state index in [2.05, 4.69) is 46.3 Å². The highest BCUT2D eigenvalue weighted by atomic mass is 127. The number of hydrogen-bond acceptors (Lipinski definition) is 3. The van der Waals surface area contributed by atoms with Crippen molar-refractivity contribution in [2.24, 2.45) is 4.99 Å². The van der Waals surface area contributed by atoms with Crippen molar-refractivity contribution in [3.05, 3.63) is 0 Å². The molecule has 20 heavy (non-hydrogen) atoms. The van der Waals surface area contributed by atoms with E-state index in [0.717, 1.165) is 30.3 Å². The number of likely N-dealkylation sites (N-methyl/N-ethyl adjacent to an activating group) is 1. The maximum atomic E-state index is 4.31. The van der Waals surface area contributed by atoms with Gasteiger partial charge in [-0.1, -0.05) is 0 Å². The van der Waals surface area contributed by atoms with E-state index in [1.807, 2.05) is 7.05 Å². The number of halogens is 1. The van der Waals surface area contributed by atoms with Crippen molar-refractivity contribution in [1.29, 1.82) is 0 Å². The second kappa shape index (κ2) is 9.35. The first-order chi connectivity index (χ1) is 9.20. The lowest BCUT2D eigenvalue weighted by Gasteiger charge is -2.25. The van der Waals surface area contributed by atoms with Crippen molar-refractivity contribution < 1.29 is 0 Å². The van der Waals surface area contributed by atoms with Gasteiger partial charge in [0.1, 0.15) is 0 Å². The van der Waals surface area contributed by atoms with Gasteiger partial charge in [-0.25, -0.2) is 0 Å².